The van der Waals surface area contributed by atoms with E-state index in [9.17, 15) is 34.8 Å². The summed E-state index contributed by atoms with van der Waals surface area (Å²) in [5.74, 6) is -5.76. The van der Waals surface area contributed by atoms with Crippen LogP contribution in [0.4, 0.5) is 5.69 Å². The number of hydrogen-bond acceptors (Lipinski definition) is 10. The van der Waals surface area contributed by atoms with Gasteiger partial charge in [-0.2, -0.15) is 0 Å². The van der Waals surface area contributed by atoms with Gasteiger partial charge >= 0.3 is 0 Å². The topological polar surface area (TPSA) is 168 Å². The summed E-state index contributed by atoms with van der Waals surface area (Å²) in [5.41, 5.74) is 4.00. The van der Waals surface area contributed by atoms with Gasteiger partial charge < -0.3 is 31.1 Å². The summed E-state index contributed by atoms with van der Waals surface area (Å²) < 4.78 is 0. The number of phenolic OH excluding ortho intramolecular Hbond substituents is 1. The highest BCUT2D eigenvalue weighted by atomic mass is 16.3. The average Bonchev–Trinajstić information content (AvgIpc) is 2.88. The van der Waals surface area contributed by atoms with E-state index in [1.165, 1.54) is 4.90 Å². The first kappa shape index (κ1) is 29.1. The van der Waals surface area contributed by atoms with Gasteiger partial charge in [-0.3, -0.25) is 24.2 Å². The fourth-order valence-corrected chi connectivity index (χ4v) is 7.33. The standard InChI is InChI=1S/C30H40N4O7/c1-14-6-8-34(9-7-14)13-16-12-19(32(2)3)17-10-15-11-18-23(33(4)5)26(37)22(29(31)40)28(39)30(18,41)27(38)20(15)25(36)21(17)24(16)35/h12,14-15,18,23,35-36,39,41H,6-11,13H2,1-5H3,(H2,31,40)/t15-,18-,23-,30-/m0/s1. The van der Waals surface area contributed by atoms with E-state index in [-0.39, 0.29) is 29.7 Å². The van der Waals surface area contributed by atoms with Crippen molar-refractivity contribution in [2.45, 2.75) is 50.8 Å². The maximum Gasteiger partial charge on any atom is 0.255 e. The van der Waals surface area contributed by atoms with Gasteiger partial charge in [-0.15, -0.1) is 0 Å². The number of nitrogens with two attached hydrogens (primary N) is 1. The molecule has 41 heavy (non-hydrogen) atoms. The second-order valence-corrected chi connectivity index (χ2v) is 12.6. The molecule has 1 aliphatic heterocycles. The number of carbonyl (C=O) groups is 3. The third-order valence-corrected chi connectivity index (χ3v) is 9.53. The van der Waals surface area contributed by atoms with Gasteiger partial charge in [-0.25, -0.2) is 0 Å². The van der Waals surface area contributed by atoms with Crippen LogP contribution in [0.3, 0.4) is 0 Å². The number of hydrogen-bond donors (Lipinski definition) is 5. The van der Waals surface area contributed by atoms with Crippen LogP contribution in [0, 0.1) is 17.8 Å². The van der Waals surface area contributed by atoms with Crippen LogP contribution in [0.1, 0.15) is 42.9 Å². The fourth-order valence-electron chi connectivity index (χ4n) is 7.33. The number of ketones is 2. The highest BCUT2D eigenvalue weighted by molar-refractivity contribution is 6.24. The van der Waals surface area contributed by atoms with E-state index in [0.29, 0.717) is 23.6 Å². The quantitative estimate of drug-likeness (QED) is 0.326. The van der Waals surface area contributed by atoms with Gasteiger partial charge in [0.25, 0.3) is 5.91 Å². The summed E-state index contributed by atoms with van der Waals surface area (Å²) in [6.07, 6.45) is 2.43. The van der Waals surface area contributed by atoms with E-state index in [1.54, 1.807) is 14.1 Å². The number of aliphatic hydroxyl groups excluding tert-OH is 2. The number of Topliss-reactive ketones (excluding diaryl/α,β-unsaturated/α-hetero) is 2. The molecule has 1 amide bonds. The lowest BCUT2D eigenvalue weighted by Gasteiger charge is -2.50. The van der Waals surface area contributed by atoms with Crippen molar-refractivity contribution >= 4 is 28.9 Å². The zero-order valence-electron chi connectivity index (χ0n) is 24.3. The molecule has 11 nitrogen and oxygen atoms in total. The summed E-state index contributed by atoms with van der Waals surface area (Å²) in [6.45, 7) is 4.46. The Kier molecular flexibility index (Phi) is 7.20. The minimum absolute atomic E-state index is 0.0626. The van der Waals surface area contributed by atoms with Crippen LogP contribution in [0.2, 0.25) is 0 Å². The molecule has 1 aromatic rings. The molecule has 0 radical (unpaired) electrons. The minimum atomic E-state index is -2.65. The van der Waals surface area contributed by atoms with E-state index in [2.05, 4.69) is 11.8 Å². The van der Waals surface area contributed by atoms with Crippen LogP contribution in [0.15, 0.2) is 23.0 Å². The second kappa shape index (κ2) is 10.1. The lowest BCUT2D eigenvalue weighted by molar-refractivity contribution is -0.153. The van der Waals surface area contributed by atoms with Crippen molar-refractivity contribution in [3.05, 3.63) is 39.7 Å². The van der Waals surface area contributed by atoms with E-state index in [4.69, 9.17) is 5.73 Å². The highest BCUT2D eigenvalue weighted by Gasteiger charge is 2.64. The number of likely N-dealkylation sites (N-methyl/N-ethyl adjacent to an activating group) is 1. The number of primary amides is 1. The first-order chi connectivity index (χ1) is 19.2. The smallest absolute Gasteiger partial charge is 0.255 e. The molecule has 1 heterocycles. The number of aliphatic hydroxyl groups is 3. The van der Waals surface area contributed by atoms with Crippen molar-refractivity contribution < 1.29 is 34.8 Å². The minimum Gasteiger partial charge on any atom is -0.508 e. The van der Waals surface area contributed by atoms with Gasteiger partial charge in [0.2, 0.25) is 5.78 Å². The Labute approximate surface area is 239 Å². The number of aromatic hydroxyl groups is 1. The van der Waals surface area contributed by atoms with Crippen molar-refractivity contribution in [1.82, 2.24) is 9.80 Å². The van der Waals surface area contributed by atoms with Crippen LogP contribution in [-0.4, -0.2) is 101 Å². The lowest BCUT2D eigenvalue weighted by Crippen LogP contribution is -2.65. The molecule has 2 fully saturated rings. The van der Waals surface area contributed by atoms with Gasteiger partial charge in [0.05, 0.1) is 11.6 Å². The summed E-state index contributed by atoms with van der Waals surface area (Å²) in [4.78, 5) is 45.2. The molecule has 1 aromatic carbocycles. The maximum atomic E-state index is 14.1. The summed E-state index contributed by atoms with van der Waals surface area (Å²) in [7, 11) is 6.91. The van der Waals surface area contributed by atoms with Gasteiger partial charge in [0, 0.05) is 43.4 Å². The van der Waals surface area contributed by atoms with E-state index < -0.39 is 58.0 Å². The second-order valence-electron chi connectivity index (χ2n) is 12.6. The lowest BCUT2D eigenvalue weighted by atomic mass is 9.57. The number of amides is 1. The van der Waals surface area contributed by atoms with Crippen molar-refractivity contribution in [2.24, 2.45) is 23.5 Å². The molecule has 1 saturated heterocycles. The number of phenols is 1. The molecule has 4 aliphatic rings. The largest absolute Gasteiger partial charge is 0.508 e. The Morgan fingerprint density at radius 2 is 1.76 bits per heavy atom. The molecule has 0 aromatic heterocycles. The molecular weight excluding hydrogens is 528 g/mol. The molecule has 5 rings (SSSR count). The predicted octanol–water partition coefficient (Wildman–Crippen LogP) is 1.26. The zero-order chi connectivity index (χ0) is 30.1. The Hall–Kier alpha value is -3.41. The van der Waals surface area contributed by atoms with E-state index in [0.717, 1.165) is 31.6 Å². The predicted molar refractivity (Wildman–Crippen MR) is 152 cm³/mol. The number of nitrogens with zero attached hydrogens (tertiary/aromatic N) is 3. The molecule has 0 spiro atoms. The number of fused-ring (bicyclic) bond motifs is 3. The average molecular weight is 569 g/mol. The van der Waals surface area contributed by atoms with Gasteiger partial charge in [-0.1, -0.05) is 6.92 Å². The summed E-state index contributed by atoms with van der Waals surface area (Å²) in [5, 5.41) is 46.0. The normalized spacial score (nSPS) is 29.0. The third kappa shape index (κ3) is 4.33. The monoisotopic (exact) mass is 568 g/mol. The number of likely N-dealkylation sites (tertiary alicyclic amines) is 1. The summed E-state index contributed by atoms with van der Waals surface area (Å²) in [6, 6.07) is 0.815. The van der Waals surface area contributed by atoms with Crippen LogP contribution in [-0.2, 0) is 27.3 Å². The van der Waals surface area contributed by atoms with Crippen molar-refractivity contribution in [3.8, 4) is 5.75 Å². The van der Waals surface area contributed by atoms with Gasteiger partial charge in [0.15, 0.2) is 11.4 Å². The summed E-state index contributed by atoms with van der Waals surface area (Å²) >= 11 is 0. The number of anilines is 1. The molecule has 222 valence electrons. The molecule has 0 bridgehead atoms. The van der Waals surface area contributed by atoms with E-state index >= 15 is 0 Å². The molecular formula is C30H40N4O7. The maximum absolute atomic E-state index is 14.1. The highest BCUT2D eigenvalue weighted by Crippen LogP contribution is 2.54. The SMILES string of the molecule is CC1CCN(Cc2cc(N(C)C)c3c(c2O)C(O)=C2C(=O)[C@]4(O)C(O)=C(C(N)=O)C(=O)[C@@H](N(C)C)[C@@H]4C[C@@H]2C3)CC1. The van der Waals surface area contributed by atoms with Crippen molar-refractivity contribution in [1.29, 1.82) is 0 Å². The molecule has 4 atom stereocenters. The molecule has 6 N–H and O–H groups in total. The third-order valence-electron chi connectivity index (χ3n) is 9.53. The number of carbonyl (C=O) groups excluding carboxylic acids is 3. The van der Waals surface area contributed by atoms with Gasteiger partial charge in [0.1, 0.15) is 22.8 Å². The molecule has 11 heteroatoms. The Bertz CT molecular complexity index is 1390. The number of rotatable bonds is 5. The van der Waals surface area contributed by atoms with Gasteiger partial charge in [-0.05, 0) is 76.3 Å². The molecule has 1 saturated carbocycles. The number of piperidine rings is 1. The van der Waals surface area contributed by atoms with Crippen LogP contribution < -0.4 is 10.6 Å². The number of benzene rings is 1. The fraction of sp³-hybridized carbons (Fsp3) is 0.567. The molecule has 3 aliphatic carbocycles. The zero-order valence-corrected chi connectivity index (χ0v) is 24.3. The van der Waals surface area contributed by atoms with Crippen molar-refractivity contribution in [2.75, 3.05) is 46.2 Å². The first-order valence-electron chi connectivity index (χ1n) is 14.1. The Morgan fingerprint density at radius 1 is 1.12 bits per heavy atom. The van der Waals surface area contributed by atoms with Crippen molar-refractivity contribution in [3.63, 3.8) is 0 Å². The Morgan fingerprint density at radius 3 is 2.32 bits per heavy atom. The van der Waals surface area contributed by atoms with E-state index in [1.807, 2.05) is 25.1 Å². The first-order valence-corrected chi connectivity index (χ1v) is 14.1. The molecule has 0 unspecified atom stereocenters. The van der Waals surface area contributed by atoms with Crippen LogP contribution in [0.5, 0.6) is 5.75 Å². The van der Waals surface area contributed by atoms with Crippen LogP contribution >= 0.6 is 0 Å². The Balaban J connectivity index is 1.67. The van der Waals surface area contributed by atoms with Crippen LogP contribution in [0.25, 0.3) is 5.76 Å².